The van der Waals surface area contributed by atoms with E-state index in [4.69, 9.17) is 25.6 Å². The van der Waals surface area contributed by atoms with Gasteiger partial charge in [0, 0.05) is 7.05 Å². The summed E-state index contributed by atoms with van der Waals surface area (Å²) in [5.74, 6) is 0. The van der Waals surface area contributed by atoms with E-state index in [2.05, 4.69) is 0 Å². The van der Waals surface area contributed by atoms with Crippen molar-refractivity contribution in [3.8, 4) is 0 Å². The lowest BCUT2D eigenvalue weighted by molar-refractivity contribution is -0.465. The number of aromatic nitrogens is 4. The van der Waals surface area contributed by atoms with Crippen LogP contribution in [0.15, 0.2) is 15.9 Å². The standard InChI is InChI=1S/C7H7N4O2S2/c1-8-5-4(10(14)3-11(5)15)6(12)9(2)7(8)13/h3H,1-2H3/q-1. The zero-order chi connectivity index (χ0) is 11.3. The molecule has 0 aliphatic carbocycles. The van der Waals surface area contributed by atoms with E-state index in [-0.39, 0.29) is 5.52 Å². The molecule has 0 aliphatic rings. The molecule has 0 N–H and O–H groups in total. The van der Waals surface area contributed by atoms with Crippen molar-refractivity contribution in [1.29, 1.82) is 0 Å². The van der Waals surface area contributed by atoms with Gasteiger partial charge in [-0.1, -0.05) is 0 Å². The summed E-state index contributed by atoms with van der Waals surface area (Å²) in [6, 6.07) is 0. The molecule has 0 saturated carbocycles. The van der Waals surface area contributed by atoms with Gasteiger partial charge in [-0.05, 0) is 0 Å². The van der Waals surface area contributed by atoms with Crippen LogP contribution in [0.25, 0.3) is 11.2 Å². The molecule has 0 atom stereocenters. The number of imidazole rings is 1. The molecule has 2 heterocycles. The second-order valence-corrected chi connectivity index (χ2v) is 3.93. The highest BCUT2D eigenvalue weighted by Crippen LogP contribution is 2.00. The molecule has 0 radical (unpaired) electrons. The Hall–Kier alpha value is -1.41. The van der Waals surface area contributed by atoms with Gasteiger partial charge in [0.15, 0.2) is 6.33 Å². The van der Waals surface area contributed by atoms with Crippen molar-refractivity contribution in [3.63, 3.8) is 0 Å². The minimum atomic E-state index is -0.438. The summed E-state index contributed by atoms with van der Waals surface area (Å²) in [6.07, 6.45) is 1.40. The quantitative estimate of drug-likeness (QED) is 0.395. The molecule has 0 saturated heterocycles. The van der Waals surface area contributed by atoms with Gasteiger partial charge < -0.3 is 33.6 Å². The van der Waals surface area contributed by atoms with Gasteiger partial charge in [-0.15, -0.1) is 0 Å². The third-order valence-corrected chi connectivity index (χ3v) is 2.79. The minimum absolute atomic E-state index is 0.240. The van der Waals surface area contributed by atoms with E-state index in [9.17, 15) is 9.59 Å². The number of fused-ring (bicyclic) bond motifs is 1. The minimum Gasteiger partial charge on any atom is -0.598 e. The zero-order valence-corrected chi connectivity index (χ0v) is 9.63. The van der Waals surface area contributed by atoms with Gasteiger partial charge in [0.05, 0.1) is 7.05 Å². The number of nitrogens with zero attached hydrogens (tertiary/aromatic N) is 4. The first-order valence-corrected chi connectivity index (χ1v) is 4.76. The Morgan fingerprint density at radius 3 is 2.47 bits per heavy atom. The Morgan fingerprint density at radius 2 is 1.87 bits per heavy atom. The van der Waals surface area contributed by atoms with Crippen LogP contribution >= 0.6 is 0 Å². The highest BCUT2D eigenvalue weighted by atomic mass is 32.1. The Kier molecular flexibility index (Phi) is 2.05. The van der Waals surface area contributed by atoms with Gasteiger partial charge in [0.25, 0.3) is 11.2 Å². The second kappa shape index (κ2) is 3.04. The van der Waals surface area contributed by atoms with Crippen LogP contribution in [0, 0.1) is 0 Å². The lowest BCUT2D eigenvalue weighted by Gasteiger charge is -2.03. The van der Waals surface area contributed by atoms with Crippen LogP contribution in [-0.4, -0.2) is 13.1 Å². The van der Waals surface area contributed by atoms with Crippen LogP contribution in [0.1, 0.15) is 0 Å². The lowest BCUT2D eigenvalue weighted by atomic mass is 10.5. The fraction of sp³-hybridized carbons (Fsp3) is 0.286. The third kappa shape index (κ3) is 1.18. The van der Waals surface area contributed by atoms with Gasteiger partial charge in [0.2, 0.25) is 5.52 Å². The molecule has 8 heteroatoms. The van der Waals surface area contributed by atoms with Crippen LogP contribution in [0.4, 0.5) is 0 Å². The van der Waals surface area contributed by atoms with E-state index in [1.165, 1.54) is 25.9 Å². The van der Waals surface area contributed by atoms with Crippen molar-refractivity contribution in [2.45, 2.75) is 0 Å². The normalized spacial score (nSPS) is 11.1. The van der Waals surface area contributed by atoms with E-state index >= 15 is 0 Å². The summed E-state index contributed by atoms with van der Waals surface area (Å²) >= 11 is 9.87. The molecular formula is C7H7N4O2S2-. The topological polar surface area (TPSA) is 52.8 Å². The highest BCUT2D eigenvalue weighted by Gasteiger charge is 2.16. The molecule has 2 aromatic heterocycles. The van der Waals surface area contributed by atoms with Crippen molar-refractivity contribution in [2.75, 3.05) is 0 Å². The van der Waals surface area contributed by atoms with Crippen molar-refractivity contribution in [2.24, 2.45) is 14.1 Å². The van der Waals surface area contributed by atoms with E-state index in [1.54, 1.807) is 7.05 Å². The monoisotopic (exact) mass is 243 g/mol. The molecular weight excluding hydrogens is 236 g/mol. The second-order valence-electron chi connectivity index (χ2n) is 3.15. The van der Waals surface area contributed by atoms with Gasteiger partial charge in [-0.2, -0.15) is 0 Å². The van der Waals surface area contributed by atoms with Crippen LogP contribution in [0.2, 0.25) is 0 Å². The molecule has 0 fully saturated rings. The smallest absolute Gasteiger partial charge is 0.388 e. The molecule has 0 spiro atoms. The third-order valence-electron chi connectivity index (χ3n) is 2.25. The molecule has 15 heavy (non-hydrogen) atoms. The molecule has 0 aromatic carbocycles. The van der Waals surface area contributed by atoms with Crippen molar-refractivity contribution < 1.29 is 3.97 Å². The predicted octanol–water partition coefficient (Wildman–Crippen LogP) is -2.05. The van der Waals surface area contributed by atoms with Crippen LogP contribution in [0.5, 0.6) is 0 Å². The Balaban J connectivity index is 3.26. The van der Waals surface area contributed by atoms with Gasteiger partial charge in [-0.25, -0.2) is 13.9 Å². The number of aryl methyl sites for hydroxylation is 1. The Labute approximate surface area is 95.5 Å². The van der Waals surface area contributed by atoms with E-state index in [0.717, 1.165) is 4.57 Å². The van der Waals surface area contributed by atoms with E-state index < -0.39 is 11.2 Å². The van der Waals surface area contributed by atoms with Gasteiger partial charge in [-0.3, -0.25) is 4.79 Å². The molecule has 0 aliphatic heterocycles. The van der Waals surface area contributed by atoms with Crippen LogP contribution in [-0.2, 0) is 39.7 Å². The Bertz CT molecular complexity index is 666. The first kappa shape index (κ1) is 10.1. The highest BCUT2D eigenvalue weighted by molar-refractivity contribution is 7.57. The average Bonchev–Trinajstić information content (AvgIpc) is 2.47. The largest absolute Gasteiger partial charge is 0.598 e. The van der Waals surface area contributed by atoms with Crippen molar-refractivity contribution >= 4 is 36.8 Å². The zero-order valence-electron chi connectivity index (χ0n) is 8.00. The van der Waals surface area contributed by atoms with E-state index in [1.807, 2.05) is 0 Å². The van der Waals surface area contributed by atoms with Crippen LogP contribution in [0.3, 0.4) is 0 Å². The summed E-state index contributed by atoms with van der Waals surface area (Å²) in [5, 5.41) is 0. The number of hydrogen-bond acceptors (Lipinski definition) is 4. The summed E-state index contributed by atoms with van der Waals surface area (Å²) in [4.78, 5) is 23.3. The summed E-state index contributed by atoms with van der Waals surface area (Å²) in [7, 11) is 2.95. The molecule has 0 bridgehead atoms. The first-order valence-electron chi connectivity index (χ1n) is 4.03. The molecule has 6 nitrogen and oxygen atoms in total. The van der Waals surface area contributed by atoms with Gasteiger partial charge in [0.1, 0.15) is 0 Å². The maximum absolute atomic E-state index is 11.7. The molecule has 80 valence electrons. The number of rotatable bonds is 0. The summed E-state index contributed by atoms with van der Waals surface area (Å²) < 4.78 is 4.74. The summed E-state index contributed by atoms with van der Waals surface area (Å²) in [6.45, 7) is 0. The first-order chi connectivity index (χ1) is 6.95. The summed E-state index contributed by atoms with van der Waals surface area (Å²) in [5.41, 5.74) is -0.281. The van der Waals surface area contributed by atoms with E-state index in [0.29, 0.717) is 5.65 Å². The van der Waals surface area contributed by atoms with Crippen molar-refractivity contribution in [1.82, 2.24) is 13.1 Å². The molecule has 0 unspecified atom stereocenters. The van der Waals surface area contributed by atoms with Crippen molar-refractivity contribution in [3.05, 3.63) is 27.2 Å². The maximum atomic E-state index is 11.7. The fourth-order valence-corrected chi connectivity index (χ4v) is 2.09. The molecule has 2 rings (SSSR count). The number of hydrogen-bond donors (Lipinski definition) is 0. The van der Waals surface area contributed by atoms with Gasteiger partial charge >= 0.3 is 5.69 Å². The SMILES string of the molecule is Cn1c(=O)c2c(n(C)c1=O)[n+]([S-])cn2[S-]. The van der Waals surface area contributed by atoms with Crippen LogP contribution < -0.4 is 15.2 Å². The Morgan fingerprint density at radius 1 is 1.27 bits per heavy atom. The maximum Gasteiger partial charge on any atom is 0.388 e. The average molecular weight is 243 g/mol. The molecule has 2 aromatic rings. The lowest BCUT2D eigenvalue weighted by Crippen LogP contribution is -2.40. The fourth-order valence-electron chi connectivity index (χ4n) is 1.47. The molecule has 0 amide bonds. The predicted molar refractivity (Wildman–Crippen MR) is 58.1 cm³/mol.